The van der Waals surface area contributed by atoms with E-state index in [1.54, 1.807) is 0 Å². The number of amides is 1. The number of aryl methyl sites for hydroxylation is 1. The third-order valence-electron chi connectivity index (χ3n) is 4.18. The average molecular weight is 286 g/mol. The number of hydrogen-bond donors (Lipinski definition) is 1. The summed E-state index contributed by atoms with van der Waals surface area (Å²) in [4.78, 5) is 12.4. The Hall–Kier alpha value is -1.81. The number of nitrogens with one attached hydrogen (secondary N) is 1. The molecule has 1 fully saturated rings. The summed E-state index contributed by atoms with van der Waals surface area (Å²) in [5.74, 6) is 0.000741. The third-order valence-corrected chi connectivity index (χ3v) is 4.18. The summed E-state index contributed by atoms with van der Waals surface area (Å²) in [6.45, 7) is 4.84. The highest BCUT2D eigenvalue weighted by Gasteiger charge is 2.29. The van der Waals surface area contributed by atoms with Gasteiger partial charge in [0.2, 0.25) is 0 Å². The summed E-state index contributed by atoms with van der Waals surface area (Å²) < 4.78 is 7.72. The molecule has 4 heteroatoms. The molecule has 0 radical (unpaired) electrons. The topological polar surface area (TPSA) is 43.3 Å². The molecule has 1 amide bonds. The van der Waals surface area contributed by atoms with Crippen molar-refractivity contribution in [1.29, 1.82) is 0 Å². The van der Waals surface area contributed by atoms with Crippen LogP contribution in [0.15, 0.2) is 30.5 Å². The molecule has 1 aromatic heterocycles. The number of benzene rings is 1. The van der Waals surface area contributed by atoms with E-state index >= 15 is 0 Å². The van der Waals surface area contributed by atoms with E-state index in [0.717, 1.165) is 23.7 Å². The fourth-order valence-electron chi connectivity index (χ4n) is 3.03. The van der Waals surface area contributed by atoms with E-state index in [1.165, 1.54) is 0 Å². The molecule has 1 aliphatic rings. The lowest BCUT2D eigenvalue weighted by molar-refractivity contribution is -0.0615. The second kappa shape index (κ2) is 5.19. The SMILES string of the molecule is Cn1ccc2ccc(C(=O)N[C@H]3CCOC(C)(C)C3)cc21. The zero-order chi connectivity index (χ0) is 15.0. The van der Waals surface area contributed by atoms with Crippen LogP contribution in [-0.4, -0.2) is 28.7 Å². The molecule has 2 heterocycles. The van der Waals surface area contributed by atoms with Crippen molar-refractivity contribution in [1.82, 2.24) is 9.88 Å². The van der Waals surface area contributed by atoms with Gasteiger partial charge in [0.1, 0.15) is 0 Å². The van der Waals surface area contributed by atoms with E-state index < -0.39 is 0 Å². The van der Waals surface area contributed by atoms with Crippen molar-refractivity contribution in [3.8, 4) is 0 Å². The Morgan fingerprint density at radius 2 is 2.19 bits per heavy atom. The van der Waals surface area contributed by atoms with Crippen LogP contribution in [0.1, 0.15) is 37.0 Å². The molecule has 0 saturated carbocycles. The minimum atomic E-state index is -0.154. The Bertz CT molecular complexity index is 672. The maximum Gasteiger partial charge on any atom is 0.251 e. The van der Waals surface area contributed by atoms with Crippen LogP contribution in [-0.2, 0) is 11.8 Å². The van der Waals surface area contributed by atoms with Gasteiger partial charge in [0.15, 0.2) is 0 Å². The van der Waals surface area contributed by atoms with E-state index in [9.17, 15) is 4.79 Å². The maximum absolute atomic E-state index is 12.4. The highest BCUT2D eigenvalue weighted by Crippen LogP contribution is 2.24. The molecule has 1 aromatic carbocycles. The van der Waals surface area contributed by atoms with E-state index in [2.05, 4.69) is 25.2 Å². The van der Waals surface area contributed by atoms with Crippen LogP contribution >= 0.6 is 0 Å². The van der Waals surface area contributed by atoms with Crippen LogP contribution in [0.2, 0.25) is 0 Å². The second-order valence-electron chi connectivity index (χ2n) is 6.47. The summed E-state index contributed by atoms with van der Waals surface area (Å²) in [5.41, 5.74) is 1.64. The average Bonchev–Trinajstić information content (AvgIpc) is 2.79. The van der Waals surface area contributed by atoms with Gasteiger partial charge in [-0.05, 0) is 50.3 Å². The molecule has 1 N–H and O–H groups in total. The Kier molecular flexibility index (Phi) is 3.49. The van der Waals surface area contributed by atoms with Gasteiger partial charge in [0.25, 0.3) is 5.91 Å². The molecule has 4 nitrogen and oxygen atoms in total. The molecular formula is C17H22N2O2. The zero-order valence-corrected chi connectivity index (χ0v) is 12.8. The Morgan fingerprint density at radius 3 is 2.95 bits per heavy atom. The molecule has 112 valence electrons. The molecule has 1 atom stereocenters. The predicted molar refractivity (Wildman–Crippen MR) is 83.4 cm³/mol. The van der Waals surface area contributed by atoms with E-state index in [4.69, 9.17) is 4.74 Å². The summed E-state index contributed by atoms with van der Waals surface area (Å²) >= 11 is 0. The van der Waals surface area contributed by atoms with Crippen molar-refractivity contribution in [2.75, 3.05) is 6.61 Å². The Balaban J connectivity index is 1.76. The maximum atomic E-state index is 12.4. The first-order valence-electron chi connectivity index (χ1n) is 7.44. The lowest BCUT2D eigenvalue weighted by atomic mass is 9.93. The van der Waals surface area contributed by atoms with Crippen LogP contribution in [0.3, 0.4) is 0 Å². The van der Waals surface area contributed by atoms with Gasteiger partial charge < -0.3 is 14.6 Å². The Labute approximate surface area is 125 Å². The molecule has 0 spiro atoms. The van der Waals surface area contributed by atoms with Crippen molar-refractivity contribution in [2.24, 2.45) is 7.05 Å². The molecule has 1 saturated heterocycles. The summed E-state index contributed by atoms with van der Waals surface area (Å²) in [6.07, 6.45) is 3.74. The molecule has 1 aliphatic heterocycles. The van der Waals surface area contributed by atoms with Gasteiger partial charge in [-0.3, -0.25) is 4.79 Å². The number of nitrogens with zero attached hydrogens (tertiary/aromatic N) is 1. The number of ether oxygens (including phenoxy) is 1. The van der Waals surface area contributed by atoms with Gasteiger partial charge in [-0.15, -0.1) is 0 Å². The number of carbonyl (C=O) groups is 1. The summed E-state index contributed by atoms with van der Waals surface area (Å²) in [5, 5.41) is 4.29. The number of carbonyl (C=O) groups excluding carboxylic acids is 1. The second-order valence-corrected chi connectivity index (χ2v) is 6.47. The van der Waals surface area contributed by atoms with E-state index in [1.807, 2.05) is 36.0 Å². The number of aromatic nitrogens is 1. The molecule has 2 aromatic rings. The number of hydrogen-bond acceptors (Lipinski definition) is 2. The Morgan fingerprint density at radius 1 is 1.38 bits per heavy atom. The minimum Gasteiger partial charge on any atom is -0.375 e. The van der Waals surface area contributed by atoms with Gasteiger partial charge in [0.05, 0.1) is 5.60 Å². The van der Waals surface area contributed by atoms with Crippen LogP contribution in [0, 0.1) is 0 Å². The molecule has 3 rings (SSSR count). The fourth-order valence-corrected chi connectivity index (χ4v) is 3.03. The monoisotopic (exact) mass is 286 g/mol. The van der Waals surface area contributed by atoms with Gasteiger partial charge in [-0.25, -0.2) is 0 Å². The normalized spacial score (nSPS) is 21.4. The standard InChI is InChI=1S/C17H22N2O2/c1-17(2)11-14(7-9-21-17)18-16(20)13-5-4-12-6-8-19(3)15(12)10-13/h4-6,8,10,14H,7,9,11H2,1-3H3,(H,18,20)/t14-/m0/s1. The lowest BCUT2D eigenvalue weighted by Gasteiger charge is -2.35. The van der Waals surface area contributed by atoms with Crippen molar-refractivity contribution in [3.05, 3.63) is 36.0 Å². The van der Waals surface area contributed by atoms with Gasteiger partial charge in [-0.1, -0.05) is 6.07 Å². The highest BCUT2D eigenvalue weighted by atomic mass is 16.5. The number of rotatable bonds is 2. The first-order chi connectivity index (χ1) is 9.94. The fraction of sp³-hybridized carbons (Fsp3) is 0.471. The van der Waals surface area contributed by atoms with Gasteiger partial charge in [0, 0.05) is 37.0 Å². The molecule has 21 heavy (non-hydrogen) atoms. The minimum absolute atomic E-state index is 0.000741. The van der Waals surface area contributed by atoms with E-state index in [0.29, 0.717) is 12.2 Å². The van der Waals surface area contributed by atoms with Crippen LogP contribution in [0.25, 0.3) is 10.9 Å². The van der Waals surface area contributed by atoms with Crippen LogP contribution in [0.4, 0.5) is 0 Å². The quantitative estimate of drug-likeness (QED) is 0.922. The third kappa shape index (κ3) is 2.95. The van der Waals surface area contributed by atoms with Crippen LogP contribution < -0.4 is 5.32 Å². The van der Waals surface area contributed by atoms with Crippen LogP contribution in [0.5, 0.6) is 0 Å². The highest BCUT2D eigenvalue weighted by molar-refractivity contribution is 5.98. The lowest BCUT2D eigenvalue weighted by Crippen LogP contribution is -2.45. The molecule has 0 bridgehead atoms. The first-order valence-corrected chi connectivity index (χ1v) is 7.44. The van der Waals surface area contributed by atoms with Crippen molar-refractivity contribution >= 4 is 16.8 Å². The van der Waals surface area contributed by atoms with Crippen molar-refractivity contribution in [3.63, 3.8) is 0 Å². The summed E-state index contributed by atoms with van der Waals surface area (Å²) in [6, 6.07) is 8.08. The first kappa shape index (κ1) is 14.1. The largest absolute Gasteiger partial charge is 0.375 e. The van der Waals surface area contributed by atoms with E-state index in [-0.39, 0.29) is 17.6 Å². The zero-order valence-electron chi connectivity index (χ0n) is 12.8. The van der Waals surface area contributed by atoms with Crippen molar-refractivity contribution < 1.29 is 9.53 Å². The molecule has 0 aliphatic carbocycles. The van der Waals surface area contributed by atoms with Crippen molar-refractivity contribution in [2.45, 2.75) is 38.3 Å². The molecule has 0 unspecified atom stereocenters. The van der Waals surface area contributed by atoms with Gasteiger partial charge in [-0.2, -0.15) is 0 Å². The van der Waals surface area contributed by atoms with Gasteiger partial charge >= 0.3 is 0 Å². The smallest absolute Gasteiger partial charge is 0.251 e. The number of fused-ring (bicyclic) bond motifs is 1. The summed E-state index contributed by atoms with van der Waals surface area (Å²) in [7, 11) is 1.99. The predicted octanol–water partition coefficient (Wildman–Crippen LogP) is 2.87. The molecular weight excluding hydrogens is 264 g/mol.